The number of allylic oxidation sites excluding steroid dienone is 2. The predicted molar refractivity (Wildman–Crippen MR) is 205 cm³/mol. The Morgan fingerprint density at radius 3 is 2.16 bits per heavy atom. The van der Waals surface area contributed by atoms with Gasteiger partial charge >= 0.3 is 0 Å². The Labute approximate surface area is 310 Å². The van der Waals surface area contributed by atoms with Crippen LogP contribution in [-0.4, -0.2) is 15.9 Å². The van der Waals surface area contributed by atoms with E-state index in [9.17, 15) is 9.90 Å². The number of fused-ring (bicyclic) bond motifs is 4. The first-order valence-corrected chi connectivity index (χ1v) is 18.2. The second-order valence-electron chi connectivity index (χ2n) is 14.4. The SMILES string of the molecule is CCC(C)(CC)C(=O)/C=C(\O)C(C)(CC)CC.Cc1ccc2oc3ccnc(-c4[c-]c5ccccc5c(C(C)(C)C)c4)c3c2ccsc1.[Ir]. The van der Waals surface area contributed by atoms with Gasteiger partial charge in [-0.05, 0) is 72.5 Å². The molecule has 0 aliphatic rings. The second kappa shape index (κ2) is 16.6. The maximum absolute atomic E-state index is 12.2. The average Bonchev–Trinajstić information content (AvgIpc) is 3.47. The molecule has 0 fully saturated rings. The van der Waals surface area contributed by atoms with Gasteiger partial charge in [0, 0.05) is 59.7 Å². The minimum atomic E-state index is -0.337. The van der Waals surface area contributed by atoms with E-state index in [0.29, 0.717) is 0 Å². The number of aromatic nitrogens is 1. The van der Waals surface area contributed by atoms with E-state index in [4.69, 9.17) is 9.40 Å². The Morgan fingerprint density at radius 1 is 0.878 bits per heavy atom. The van der Waals surface area contributed by atoms with Crippen molar-refractivity contribution in [2.75, 3.05) is 0 Å². The van der Waals surface area contributed by atoms with Crippen LogP contribution in [0.3, 0.4) is 0 Å². The summed E-state index contributed by atoms with van der Waals surface area (Å²) in [6, 6.07) is 22.6. The van der Waals surface area contributed by atoms with Crippen LogP contribution in [0.5, 0.6) is 0 Å². The van der Waals surface area contributed by atoms with Crippen molar-refractivity contribution in [2.45, 2.75) is 100 Å². The number of benzene rings is 2. The zero-order valence-electron chi connectivity index (χ0n) is 30.8. The molecule has 0 saturated carbocycles. The molecule has 0 bridgehead atoms. The van der Waals surface area contributed by atoms with Crippen LogP contribution in [0.4, 0.5) is 0 Å². The van der Waals surface area contributed by atoms with Crippen LogP contribution in [0, 0.1) is 23.8 Å². The number of carbonyl (C=O) groups is 1. The number of pyridine rings is 1. The van der Waals surface area contributed by atoms with Crippen molar-refractivity contribution < 1.29 is 34.4 Å². The second-order valence-corrected chi connectivity index (χ2v) is 15.1. The van der Waals surface area contributed by atoms with Crippen LogP contribution in [0.15, 0.2) is 87.8 Å². The quantitative estimate of drug-likeness (QED) is 0.0959. The fourth-order valence-electron chi connectivity index (χ4n) is 5.74. The topological polar surface area (TPSA) is 63.3 Å². The summed E-state index contributed by atoms with van der Waals surface area (Å²) in [6.07, 6.45) is 6.58. The van der Waals surface area contributed by atoms with Crippen LogP contribution in [-0.2, 0) is 30.3 Å². The maximum atomic E-state index is 12.2. The number of aliphatic hydroxyl groups excluding tert-OH is 1. The standard InChI is InChI=1S/C28H24NOS.C15H28O2.Ir/c1-18-9-10-24-22(12-14-31-17-18)26-25(30-24)11-13-29-27(26)20-15-19-7-5-6-8-21(19)23(16-20)28(2,3)4;1-7-14(5,8-2)12(16)11-13(17)15(6,9-3)10-4;/h5-14,16-17H,1-4H3;11,16H,7-10H2,1-6H3;/q-1;;/b;12-11-;. The molecule has 2 aromatic carbocycles. The van der Waals surface area contributed by atoms with Crippen molar-refractivity contribution in [3.63, 3.8) is 0 Å². The van der Waals surface area contributed by atoms with Gasteiger partial charge in [-0.25, -0.2) is 0 Å². The molecule has 3 aromatic heterocycles. The van der Waals surface area contributed by atoms with Crippen molar-refractivity contribution in [1.82, 2.24) is 4.98 Å². The molecular formula is C43H52IrNO3S-. The first-order valence-electron chi connectivity index (χ1n) is 17.2. The largest absolute Gasteiger partial charge is 0.512 e. The Kier molecular flexibility index (Phi) is 13.6. The summed E-state index contributed by atoms with van der Waals surface area (Å²) in [5, 5.41) is 18.8. The van der Waals surface area contributed by atoms with Gasteiger partial charge in [0.15, 0.2) is 5.78 Å². The number of aliphatic hydroxyl groups is 1. The minimum absolute atomic E-state index is 0. The number of hydrogen-bond acceptors (Lipinski definition) is 5. The van der Waals surface area contributed by atoms with Gasteiger partial charge in [-0.15, -0.1) is 29.1 Å². The predicted octanol–water partition coefficient (Wildman–Crippen LogP) is 13.0. The number of nitrogens with zero attached hydrogens (tertiary/aromatic N) is 1. The number of ketones is 1. The van der Waals surface area contributed by atoms with Crippen molar-refractivity contribution >= 4 is 49.8 Å². The normalized spacial score (nSPS) is 12.3. The molecule has 0 saturated heterocycles. The molecule has 263 valence electrons. The fourth-order valence-corrected chi connectivity index (χ4v) is 6.33. The summed E-state index contributed by atoms with van der Waals surface area (Å²) in [7, 11) is 0. The molecule has 5 rings (SSSR count). The number of aryl methyl sites for hydroxylation is 1. The van der Waals surface area contributed by atoms with Gasteiger partial charge in [0.2, 0.25) is 0 Å². The molecule has 1 N–H and O–H groups in total. The molecule has 0 atom stereocenters. The van der Waals surface area contributed by atoms with Gasteiger partial charge in [-0.1, -0.05) is 97.5 Å². The third kappa shape index (κ3) is 8.89. The van der Waals surface area contributed by atoms with Gasteiger partial charge in [-0.3, -0.25) is 9.78 Å². The monoisotopic (exact) mass is 855 g/mol. The minimum Gasteiger partial charge on any atom is -0.512 e. The Hall–Kier alpha value is -3.31. The van der Waals surface area contributed by atoms with Crippen LogP contribution in [0.2, 0.25) is 0 Å². The van der Waals surface area contributed by atoms with E-state index in [0.717, 1.165) is 64.3 Å². The van der Waals surface area contributed by atoms with Crippen LogP contribution in [0.25, 0.3) is 44.0 Å². The molecule has 1 radical (unpaired) electrons. The molecule has 49 heavy (non-hydrogen) atoms. The Bertz CT molecular complexity index is 1990. The van der Waals surface area contributed by atoms with Gasteiger partial charge < -0.3 is 9.52 Å². The van der Waals surface area contributed by atoms with E-state index in [-0.39, 0.29) is 47.9 Å². The zero-order chi connectivity index (χ0) is 35.3. The maximum Gasteiger partial charge on any atom is 0.164 e. The van der Waals surface area contributed by atoms with E-state index in [1.54, 1.807) is 11.3 Å². The van der Waals surface area contributed by atoms with Gasteiger partial charge in [0.1, 0.15) is 16.9 Å². The molecule has 6 heteroatoms. The molecule has 4 nitrogen and oxygen atoms in total. The van der Waals surface area contributed by atoms with Gasteiger partial charge in [0.05, 0.1) is 0 Å². The van der Waals surface area contributed by atoms with Gasteiger partial charge in [-0.2, -0.15) is 11.3 Å². The first-order chi connectivity index (χ1) is 22.7. The molecule has 0 unspecified atom stereocenters. The molecule has 0 spiro atoms. The van der Waals surface area contributed by atoms with E-state index in [1.807, 2.05) is 59.9 Å². The number of carbonyl (C=O) groups excluding carboxylic acids is 1. The van der Waals surface area contributed by atoms with E-state index in [1.165, 1.54) is 22.6 Å². The first kappa shape index (κ1) is 40.1. The van der Waals surface area contributed by atoms with E-state index >= 15 is 0 Å². The third-order valence-corrected chi connectivity index (χ3v) is 11.0. The van der Waals surface area contributed by atoms with Crippen molar-refractivity contribution in [2.24, 2.45) is 10.8 Å². The molecule has 0 amide bonds. The van der Waals surface area contributed by atoms with Gasteiger partial charge in [0.25, 0.3) is 0 Å². The Balaban J connectivity index is 0.000000312. The van der Waals surface area contributed by atoms with E-state index < -0.39 is 0 Å². The van der Waals surface area contributed by atoms with Crippen molar-refractivity contribution in [1.29, 1.82) is 0 Å². The van der Waals surface area contributed by atoms with Crippen LogP contribution in [0.1, 0.15) is 99.1 Å². The smallest absolute Gasteiger partial charge is 0.164 e. The molecule has 0 aliphatic heterocycles. The summed E-state index contributed by atoms with van der Waals surface area (Å²) in [4.78, 5) is 17.0. The Morgan fingerprint density at radius 2 is 1.53 bits per heavy atom. The number of furan rings is 1. The van der Waals surface area contributed by atoms with Crippen molar-refractivity contribution in [3.05, 3.63) is 101 Å². The number of rotatable bonds is 8. The van der Waals surface area contributed by atoms with Crippen molar-refractivity contribution in [3.8, 4) is 11.3 Å². The summed E-state index contributed by atoms with van der Waals surface area (Å²) >= 11 is 1.67. The van der Waals surface area contributed by atoms with Crippen LogP contribution >= 0.6 is 11.3 Å². The number of hydrogen-bond donors (Lipinski definition) is 1. The van der Waals surface area contributed by atoms with Crippen LogP contribution < -0.4 is 0 Å². The van der Waals surface area contributed by atoms with E-state index in [2.05, 4.69) is 87.0 Å². The molecular weight excluding hydrogens is 803 g/mol. The summed E-state index contributed by atoms with van der Waals surface area (Å²) in [5.41, 5.74) is 5.49. The summed E-state index contributed by atoms with van der Waals surface area (Å²) in [5.74, 6) is 0.286. The summed E-state index contributed by atoms with van der Waals surface area (Å²) < 4.78 is 6.25. The summed E-state index contributed by atoms with van der Waals surface area (Å²) in [6.45, 7) is 20.9. The fraction of sp³-hybridized carbons (Fsp3) is 0.395. The molecule has 3 heterocycles. The third-order valence-electron chi connectivity index (χ3n) is 10.2. The molecule has 0 aliphatic carbocycles. The zero-order valence-corrected chi connectivity index (χ0v) is 34.0. The average molecular weight is 855 g/mol. The molecule has 5 aromatic rings.